The molecule has 1 fully saturated rings. The van der Waals surface area contributed by atoms with E-state index in [4.69, 9.17) is 5.73 Å². The van der Waals surface area contributed by atoms with E-state index >= 15 is 0 Å². The van der Waals surface area contributed by atoms with Crippen LogP contribution >= 0.6 is 23.7 Å². The molecule has 1 amide bonds. The molecular formula is C15H20ClN3OS. The Morgan fingerprint density at radius 3 is 2.90 bits per heavy atom. The van der Waals surface area contributed by atoms with Gasteiger partial charge in [-0.1, -0.05) is 36.3 Å². The smallest absolute Gasteiger partial charge is 0.231 e. The molecule has 2 unspecified atom stereocenters. The molecule has 1 aromatic carbocycles. The number of hydrogen-bond donors (Lipinski definition) is 2. The Hall–Kier alpha value is -1.17. The van der Waals surface area contributed by atoms with E-state index in [1.807, 2.05) is 31.2 Å². The van der Waals surface area contributed by atoms with Crippen LogP contribution in [0, 0.1) is 5.92 Å². The van der Waals surface area contributed by atoms with Gasteiger partial charge >= 0.3 is 0 Å². The highest BCUT2D eigenvalue weighted by atomic mass is 35.5. The van der Waals surface area contributed by atoms with E-state index in [9.17, 15) is 4.79 Å². The van der Waals surface area contributed by atoms with Gasteiger partial charge in [0, 0.05) is 5.54 Å². The van der Waals surface area contributed by atoms with Gasteiger partial charge in [0.1, 0.15) is 0 Å². The molecule has 21 heavy (non-hydrogen) atoms. The van der Waals surface area contributed by atoms with Gasteiger partial charge in [0.05, 0.1) is 16.1 Å². The summed E-state index contributed by atoms with van der Waals surface area (Å²) >= 11 is 1.51. The SMILES string of the molecule is CC1(N)CCCCC1C(=O)Nc1nc2ccccc2s1.Cl. The maximum absolute atomic E-state index is 12.4. The second kappa shape index (κ2) is 6.30. The van der Waals surface area contributed by atoms with Gasteiger partial charge < -0.3 is 11.1 Å². The van der Waals surface area contributed by atoms with Crippen molar-refractivity contribution in [3.63, 3.8) is 0 Å². The van der Waals surface area contributed by atoms with Crippen molar-refractivity contribution >= 4 is 45.0 Å². The first-order valence-corrected chi connectivity index (χ1v) is 7.83. The van der Waals surface area contributed by atoms with Crippen LogP contribution in [0.15, 0.2) is 24.3 Å². The Bertz CT molecular complexity index is 608. The van der Waals surface area contributed by atoms with Gasteiger partial charge in [-0.2, -0.15) is 0 Å². The highest BCUT2D eigenvalue weighted by molar-refractivity contribution is 7.22. The molecule has 3 N–H and O–H groups in total. The lowest BCUT2D eigenvalue weighted by molar-refractivity contribution is -0.122. The number of anilines is 1. The molecule has 0 saturated heterocycles. The van der Waals surface area contributed by atoms with E-state index < -0.39 is 5.54 Å². The maximum atomic E-state index is 12.4. The van der Waals surface area contributed by atoms with Crippen molar-refractivity contribution < 1.29 is 4.79 Å². The van der Waals surface area contributed by atoms with E-state index in [0.717, 1.165) is 35.9 Å². The second-order valence-corrected chi connectivity index (χ2v) is 6.81. The summed E-state index contributed by atoms with van der Waals surface area (Å²) in [4.78, 5) is 16.9. The Labute approximate surface area is 134 Å². The minimum absolute atomic E-state index is 0. The molecule has 0 spiro atoms. The van der Waals surface area contributed by atoms with Crippen LogP contribution in [0.4, 0.5) is 5.13 Å². The molecule has 6 heteroatoms. The fraction of sp³-hybridized carbons (Fsp3) is 0.467. The zero-order valence-electron chi connectivity index (χ0n) is 12.0. The summed E-state index contributed by atoms with van der Waals surface area (Å²) in [5, 5.41) is 3.61. The third-order valence-electron chi connectivity index (χ3n) is 4.09. The van der Waals surface area contributed by atoms with Crippen LogP contribution in [0.25, 0.3) is 10.2 Å². The second-order valence-electron chi connectivity index (χ2n) is 5.78. The highest BCUT2D eigenvalue weighted by Crippen LogP contribution is 2.33. The van der Waals surface area contributed by atoms with E-state index in [1.54, 1.807) is 0 Å². The third kappa shape index (κ3) is 3.36. The Morgan fingerprint density at radius 1 is 1.43 bits per heavy atom. The number of rotatable bonds is 2. The first-order valence-electron chi connectivity index (χ1n) is 7.01. The van der Waals surface area contributed by atoms with Gasteiger partial charge in [0.25, 0.3) is 0 Å². The van der Waals surface area contributed by atoms with E-state index in [0.29, 0.717) is 5.13 Å². The zero-order valence-corrected chi connectivity index (χ0v) is 13.6. The summed E-state index contributed by atoms with van der Waals surface area (Å²) in [6.45, 7) is 1.98. The van der Waals surface area contributed by atoms with Crippen molar-refractivity contribution in [3.8, 4) is 0 Å². The van der Waals surface area contributed by atoms with Gasteiger partial charge in [-0.05, 0) is 31.9 Å². The fourth-order valence-corrected chi connectivity index (χ4v) is 3.78. The number of nitrogens with zero attached hydrogens (tertiary/aromatic N) is 1. The average molecular weight is 326 g/mol. The van der Waals surface area contributed by atoms with Crippen molar-refractivity contribution in [2.45, 2.75) is 38.1 Å². The van der Waals surface area contributed by atoms with Crippen molar-refractivity contribution in [2.24, 2.45) is 11.7 Å². The number of aromatic nitrogens is 1. The summed E-state index contributed by atoms with van der Waals surface area (Å²) < 4.78 is 1.09. The van der Waals surface area contributed by atoms with Gasteiger partial charge in [0.15, 0.2) is 5.13 Å². The molecule has 114 valence electrons. The average Bonchev–Trinajstić information content (AvgIpc) is 2.80. The van der Waals surface area contributed by atoms with Crippen molar-refractivity contribution in [1.29, 1.82) is 0 Å². The number of para-hydroxylation sites is 1. The number of thiazole rings is 1. The largest absolute Gasteiger partial charge is 0.325 e. The minimum atomic E-state index is -0.404. The maximum Gasteiger partial charge on any atom is 0.231 e. The van der Waals surface area contributed by atoms with Crippen molar-refractivity contribution in [2.75, 3.05) is 5.32 Å². The number of amides is 1. The van der Waals surface area contributed by atoms with E-state index in [2.05, 4.69) is 10.3 Å². The van der Waals surface area contributed by atoms with Crippen molar-refractivity contribution in [3.05, 3.63) is 24.3 Å². The molecule has 0 aliphatic heterocycles. The normalized spacial score (nSPS) is 25.3. The van der Waals surface area contributed by atoms with Crippen LogP contribution in [0.2, 0.25) is 0 Å². The van der Waals surface area contributed by atoms with E-state index in [-0.39, 0.29) is 24.2 Å². The molecule has 2 aromatic rings. The molecule has 0 bridgehead atoms. The van der Waals surface area contributed by atoms with Crippen LogP contribution in [-0.2, 0) is 4.79 Å². The standard InChI is InChI=1S/C15H19N3OS.ClH/c1-15(16)9-5-4-6-10(15)13(19)18-14-17-11-7-2-3-8-12(11)20-14;/h2-3,7-8,10H,4-6,9,16H2,1H3,(H,17,18,19);1H. The number of carbonyl (C=O) groups is 1. The Kier molecular flexibility index (Phi) is 4.86. The number of halogens is 1. The monoisotopic (exact) mass is 325 g/mol. The quantitative estimate of drug-likeness (QED) is 0.887. The summed E-state index contributed by atoms with van der Waals surface area (Å²) in [7, 11) is 0. The topological polar surface area (TPSA) is 68.0 Å². The lowest BCUT2D eigenvalue weighted by Gasteiger charge is -2.36. The number of fused-ring (bicyclic) bond motifs is 1. The van der Waals surface area contributed by atoms with Crippen LogP contribution in [-0.4, -0.2) is 16.4 Å². The molecule has 1 heterocycles. The van der Waals surface area contributed by atoms with Crippen LogP contribution in [0.1, 0.15) is 32.6 Å². The molecule has 1 aliphatic carbocycles. The highest BCUT2D eigenvalue weighted by Gasteiger charge is 2.38. The van der Waals surface area contributed by atoms with Gasteiger partial charge in [-0.25, -0.2) is 4.98 Å². The lowest BCUT2D eigenvalue weighted by atomic mass is 9.74. The van der Waals surface area contributed by atoms with Crippen LogP contribution < -0.4 is 11.1 Å². The molecule has 1 aliphatic rings. The van der Waals surface area contributed by atoms with Crippen LogP contribution in [0.5, 0.6) is 0 Å². The molecular weight excluding hydrogens is 306 g/mol. The molecule has 3 rings (SSSR count). The van der Waals surface area contributed by atoms with Crippen LogP contribution in [0.3, 0.4) is 0 Å². The number of nitrogens with one attached hydrogen (secondary N) is 1. The fourth-order valence-electron chi connectivity index (χ4n) is 2.91. The summed E-state index contributed by atoms with van der Waals surface area (Å²) in [6.07, 6.45) is 3.96. The predicted octanol–water partition coefficient (Wildman–Crippen LogP) is 3.56. The minimum Gasteiger partial charge on any atom is -0.325 e. The first kappa shape index (κ1) is 16.2. The third-order valence-corrected chi connectivity index (χ3v) is 5.05. The lowest BCUT2D eigenvalue weighted by Crippen LogP contribution is -2.51. The summed E-state index contributed by atoms with van der Waals surface area (Å²) in [5.41, 5.74) is 6.79. The number of nitrogens with two attached hydrogens (primary N) is 1. The molecule has 2 atom stereocenters. The van der Waals surface area contributed by atoms with E-state index in [1.165, 1.54) is 11.3 Å². The van der Waals surface area contributed by atoms with Gasteiger partial charge in [-0.3, -0.25) is 4.79 Å². The Balaban J connectivity index is 0.00000161. The molecule has 4 nitrogen and oxygen atoms in total. The van der Waals surface area contributed by atoms with Gasteiger partial charge in [0.2, 0.25) is 5.91 Å². The molecule has 1 saturated carbocycles. The number of benzene rings is 1. The number of hydrogen-bond acceptors (Lipinski definition) is 4. The van der Waals surface area contributed by atoms with Gasteiger partial charge in [-0.15, -0.1) is 12.4 Å². The zero-order chi connectivity index (χ0) is 14.2. The number of carbonyl (C=O) groups excluding carboxylic acids is 1. The summed E-state index contributed by atoms with van der Waals surface area (Å²) in [6, 6.07) is 7.89. The molecule has 1 aromatic heterocycles. The van der Waals surface area contributed by atoms with Crippen molar-refractivity contribution in [1.82, 2.24) is 4.98 Å². The summed E-state index contributed by atoms with van der Waals surface area (Å²) in [5.74, 6) is -0.114. The molecule has 0 radical (unpaired) electrons. The first-order chi connectivity index (χ1) is 9.56. The Morgan fingerprint density at radius 2 is 2.19 bits per heavy atom. The predicted molar refractivity (Wildman–Crippen MR) is 90.0 cm³/mol.